The van der Waals surface area contributed by atoms with Gasteiger partial charge >= 0.3 is 5.97 Å². The van der Waals surface area contributed by atoms with Crippen molar-refractivity contribution in [3.63, 3.8) is 0 Å². The van der Waals surface area contributed by atoms with Crippen LogP contribution in [0.5, 0.6) is 0 Å². The number of benzene rings is 1. The second kappa shape index (κ2) is 7.69. The summed E-state index contributed by atoms with van der Waals surface area (Å²) in [5.41, 5.74) is 0.585. The number of nitro benzene ring substituents is 1. The highest BCUT2D eigenvalue weighted by Gasteiger charge is 2.41. The molecule has 0 saturated carbocycles. The van der Waals surface area contributed by atoms with Crippen molar-refractivity contribution in [3.8, 4) is 11.3 Å². The van der Waals surface area contributed by atoms with Crippen molar-refractivity contribution in [2.45, 2.75) is 13.0 Å². The molecule has 0 bridgehead atoms. The number of esters is 1. The standard InChI is InChI=1S/C18H14N2O7S/c1-10(17(22)26-2)19-16(21)15(28-18(19)23)9-13-7-8-14(27-13)11-3-5-12(6-4-11)20(24)25/h3-10H,1-2H3/b15-9-/t10-/m1/s1. The second-order valence-corrected chi connectivity index (χ2v) is 6.75. The summed E-state index contributed by atoms with van der Waals surface area (Å²) in [6.07, 6.45) is 1.41. The van der Waals surface area contributed by atoms with E-state index < -0.39 is 28.1 Å². The molecule has 0 N–H and O–H groups in total. The van der Waals surface area contributed by atoms with Crippen molar-refractivity contribution < 1.29 is 28.5 Å². The van der Waals surface area contributed by atoms with E-state index in [1.165, 1.54) is 32.2 Å². The number of furan rings is 1. The van der Waals surface area contributed by atoms with Crippen molar-refractivity contribution in [2.75, 3.05) is 7.11 Å². The SMILES string of the molecule is COC(=O)[C@@H](C)N1C(=O)S/C(=C\c2ccc(-c3ccc([N+](=O)[O-])cc3)o2)C1=O. The summed E-state index contributed by atoms with van der Waals surface area (Å²) < 4.78 is 10.2. The van der Waals surface area contributed by atoms with Crippen LogP contribution in [0.4, 0.5) is 10.5 Å². The third-order valence-corrected chi connectivity index (χ3v) is 4.90. The number of thioether (sulfide) groups is 1. The lowest BCUT2D eigenvalue weighted by molar-refractivity contribution is -0.384. The normalized spacial score (nSPS) is 16.5. The molecule has 2 aromatic rings. The molecular formula is C18H14N2O7S. The Bertz CT molecular complexity index is 994. The number of methoxy groups -OCH3 is 1. The maximum absolute atomic E-state index is 12.5. The van der Waals surface area contributed by atoms with Gasteiger partial charge in [0, 0.05) is 23.8 Å². The first-order valence-corrected chi connectivity index (χ1v) is 8.83. The minimum atomic E-state index is -1.03. The Kier molecular flexibility index (Phi) is 5.32. The number of rotatable bonds is 5. The number of nitrogens with zero attached hydrogens (tertiary/aromatic N) is 2. The number of hydrogen-bond donors (Lipinski definition) is 0. The molecule has 0 unspecified atom stereocenters. The molecule has 3 rings (SSSR count). The highest BCUT2D eigenvalue weighted by atomic mass is 32.2. The first kappa shape index (κ1) is 19.4. The number of non-ortho nitro benzene ring substituents is 1. The molecule has 28 heavy (non-hydrogen) atoms. The molecule has 0 spiro atoms. The number of ether oxygens (including phenoxy) is 1. The predicted octanol–water partition coefficient (Wildman–Crippen LogP) is 3.45. The lowest BCUT2D eigenvalue weighted by Crippen LogP contribution is -2.42. The van der Waals surface area contributed by atoms with E-state index >= 15 is 0 Å². The van der Waals surface area contributed by atoms with Crippen LogP contribution in [0.3, 0.4) is 0 Å². The lowest BCUT2D eigenvalue weighted by Gasteiger charge is -2.18. The zero-order valence-corrected chi connectivity index (χ0v) is 15.6. The van der Waals surface area contributed by atoms with Gasteiger partial charge in [-0.3, -0.25) is 24.6 Å². The van der Waals surface area contributed by atoms with Gasteiger partial charge in [0.05, 0.1) is 16.9 Å². The fourth-order valence-corrected chi connectivity index (χ4v) is 3.44. The van der Waals surface area contributed by atoms with Crippen molar-refractivity contribution in [1.29, 1.82) is 0 Å². The van der Waals surface area contributed by atoms with Gasteiger partial charge in [0.15, 0.2) is 0 Å². The van der Waals surface area contributed by atoms with Gasteiger partial charge in [-0.1, -0.05) is 0 Å². The zero-order chi connectivity index (χ0) is 20.4. The topological polar surface area (TPSA) is 120 Å². The van der Waals surface area contributed by atoms with E-state index in [1.807, 2.05) is 0 Å². The molecule has 0 aliphatic carbocycles. The second-order valence-electron chi connectivity index (χ2n) is 5.76. The summed E-state index contributed by atoms with van der Waals surface area (Å²) in [6, 6.07) is 8.03. The number of hydrogen-bond acceptors (Lipinski definition) is 8. The van der Waals surface area contributed by atoms with Crippen molar-refractivity contribution >= 4 is 40.6 Å². The fourth-order valence-electron chi connectivity index (χ4n) is 2.55. The van der Waals surface area contributed by atoms with Crippen molar-refractivity contribution in [2.24, 2.45) is 0 Å². The minimum absolute atomic E-state index is 0.0380. The summed E-state index contributed by atoms with van der Waals surface area (Å²) in [5.74, 6) is -0.531. The van der Waals surface area contributed by atoms with E-state index in [4.69, 9.17) is 4.42 Å². The van der Waals surface area contributed by atoms with Gasteiger partial charge in [-0.25, -0.2) is 4.79 Å². The molecule has 2 heterocycles. The average Bonchev–Trinajstić information content (AvgIpc) is 3.25. The Morgan fingerprint density at radius 3 is 2.54 bits per heavy atom. The van der Waals surface area contributed by atoms with Gasteiger partial charge < -0.3 is 9.15 Å². The van der Waals surface area contributed by atoms with Crippen LogP contribution in [0.25, 0.3) is 17.4 Å². The summed E-state index contributed by atoms with van der Waals surface area (Å²) in [7, 11) is 1.18. The van der Waals surface area contributed by atoms with Gasteiger partial charge in [-0.15, -0.1) is 0 Å². The fraction of sp³-hybridized carbons (Fsp3) is 0.167. The highest BCUT2D eigenvalue weighted by Crippen LogP contribution is 2.34. The molecule has 1 aromatic heterocycles. The van der Waals surface area contributed by atoms with E-state index in [2.05, 4.69) is 4.74 Å². The van der Waals surface area contributed by atoms with Gasteiger partial charge in [0.2, 0.25) is 0 Å². The predicted molar refractivity (Wildman–Crippen MR) is 100 cm³/mol. The monoisotopic (exact) mass is 402 g/mol. The van der Waals surface area contributed by atoms with E-state index in [1.54, 1.807) is 24.3 Å². The molecule has 2 amide bonds. The van der Waals surface area contributed by atoms with Gasteiger partial charge in [0.25, 0.3) is 16.8 Å². The van der Waals surface area contributed by atoms with Crippen LogP contribution < -0.4 is 0 Å². The molecule has 1 fully saturated rings. The Morgan fingerprint density at radius 1 is 1.25 bits per heavy atom. The van der Waals surface area contributed by atoms with Crippen LogP contribution >= 0.6 is 11.8 Å². The number of imide groups is 1. The third kappa shape index (κ3) is 3.67. The van der Waals surface area contributed by atoms with Crippen LogP contribution in [-0.2, 0) is 14.3 Å². The number of carbonyl (C=O) groups excluding carboxylic acids is 3. The first-order valence-electron chi connectivity index (χ1n) is 8.01. The van der Waals surface area contributed by atoms with Gasteiger partial charge in [0.1, 0.15) is 17.6 Å². The molecule has 1 atom stereocenters. The maximum Gasteiger partial charge on any atom is 0.328 e. The Morgan fingerprint density at radius 2 is 1.93 bits per heavy atom. The molecule has 1 aliphatic rings. The highest BCUT2D eigenvalue weighted by molar-refractivity contribution is 8.18. The van der Waals surface area contributed by atoms with Crippen LogP contribution in [0.15, 0.2) is 45.7 Å². The molecule has 1 aromatic carbocycles. The summed E-state index contributed by atoms with van der Waals surface area (Å²) >= 11 is 0.699. The molecule has 144 valence electrons. The largest absolute Gasteiger partial charge is 0.467 e. The zero-order valence-electron chi connectivity index (χ0n) is 14.8. The van der Waals surface area contributed by atoms with E-state index in [0.717, 1.165) is 4.90 Å². The number of nitro groups is 1. The van der Waals surface area contributed by atoms with Gasteiger partial charge in [-0.2, -0.15) is 0 Å². The first-order chi connectivity index (χ1) is 13.3. The third-order valence-electron chi connectivity index (χ3n) is 4.02. The van der Waals surface area contributed by atoms with Crippen LogP contribution in [0, 0.1) is 10.1 Å². The van der Waals surface area contributed by atoms with E-state index in [9.17, 15) is 24.5 Å². The Balaban J connectivity index is 1.81. The quantitative estimate of drug-likeness (QED) is 0.323. The molecule has 1 aliphatic heterocycles. The van der Waals surface area contributed by atoms with E-state index in [-0.39, 0.29) is 10.6 Å². The Hall–Kier alpha value is -3.40. The molecular weight excluding hydrogens is 388 g/mol. The van der Waals surface area contributed by atoms with Crippen LogP contribution in [0.1, 0.15) is 12.7 Å². The Labute approximate surface area is 163 Å². The smallest absolute Gasteiger partial charge is 0.328 e. The van der Waals surface area contributed by atoms with Crippen LogP contribution in [-0.4, -0.2) is 40.1 Å². The minimum Gasteiger partial charge on any atom is -0.467 e. The number of carbonyl (C=O) groups is 3. The lowest BCUT2D eigenvalue weighted by atomic mass is 10.1. The molecule has 10 heteroatoms. The van der Waals surface area contributed by atoms with Crippen molar-refractivity contribution in [1.82, 2.24) is 4.90 Å². The van der Waals surface area contributed by atoms with Crippen molar-refractivity contribution in [3.05, 3.63) is 57.2 Å². The summed E-state index contributed by atoms with van der Waals surface area (Å²) in [6.45, 7) is 1.41. The molecule has 9 nitrogen and oxygen atoms in total. The molecule has 1 saturated heterocycles. The van der Waals surface area contributed by atoms with Crippen LogP contribution in [0.2, 0.25) is 0 Å². The molecule has 0 radical (unpaired) electrons. The van der Waals surface area contributed by atoms with Gasteiger partial charge in [-0.05, 0) is 43.0 Å². The maximum atomic E-state index is 12.5. The number of amides is 2. The van der Waals surface area contributed by atoms with E-state index in [0.29, 0.717) is 28.8 Å². The summed E-state index contributed by atoms with van der Waals surface area (Å²) in [5, 5.41) is 10.1. The summed E-state index contributed by atoms with van der Waals surface area (Å²) in [4.78, 5) is 47.4. The average molecular weight is 402 g/mol.